The average Bonchev–Trinajstić information content (AvgIpc) is 2.55. The number of esters is 1. The Hall–Kier alpha value is -0.880. The van der Waals surface area contributed by atoms with Crippen LogP contribution in [0.4, 0.5) is 0 Å². The summed E-state index contributed by atoms with van der Waals surface area (Å²) in [6.45, 7) is 0. The minimum atomic E-state index is -1.76. The highest BCUT2D eigenvalue weighted by Gasteiger charge is 2.34. The first kappa shape index (κ1) is 20.4. The summed E-state index contributed by atoms with van der Waals surface area (Å²) < 4.78 is 5.05. The average molecular weight is 463 g/mol. The minimum Gasteiger partial charge on any atom is -0.480 e. The quantitative estimate of drug-likeness (QED) is 0.248. The molecule has 1 unspecified atom stereocenters. The fourth-order valence-electron chi connectivity index (χ4n) is 1.88. The van der Waals surface area contributed by atoms with E-state index in [-0.39, 0.29) is 41.4 Å². The number of benzene rings is 2. The van der Waals surface area contributed by atoms with Gasteiger partial charge in [-0.15, -0.1) is 0 Å². The van der Waals surface area contributed by atoms with Gasteiger partial charge in [-0.05, 0) is 23.8 Å². The summed E-state index contributed by atoms with van der Waals surface area (Å²) in [4.78, 5) is 23.9. The zero-order chi connectivity index (χ0) is 18.9. The van der Waals surface area contributed by atoms with E-state index in [0.29, 0.717) is 0 Å². The molecule has 0 aromatic heterocycles. The van der Waals surface area contributed by atoms with Crippen molar-refractivity contribution in [2.75, 3.05) is 0 Å². The third-order valence-corrected chi connectivity index (χ3v) is 5.65. The minimum absolute atomic E-state index is 0.0342. The van der Waals surface area contributed by atoms with Crippen molar-refractivity contribution < 1.29 is 19.4 Å². The molecular formula is C15H6Cl6O4. The van der Waals surface area contributed by atoms with Crippen molar-refractivity contribution in [2.24, 2.45) is 0 Å². The molecule has 0 saturated heterocycles. The zero-order valence-corrected chi connectivity index (χ0v) is 16.4. The van der Waals surface area contributed by atoms with Crippen molar-refractivity contribution in [3.05, 3.63) is 60.0 Å². The summed E-state index contributed by atoms with van der Waals surface area (Å²) >= 11 is 35.3. The predicted octanol–water partition coefficient (Wildman–Crippen LogP) is 6.38. The van der Waals surface area contributed by atoms with Gasteiger partial charge < -0.3 is 9.84 Å². The smallest absolute Gasteiger partial charge is 0.330 e. The molecule has 0 saturated carbocycles. The van der Waals surface area contributed by atoms with Crippen LogP contribution in [0, 0.1) is 0 Å². The van der Waals surface area contributed by atoms with E-state index in [1.165, 1.54) is 24.3 Å². The maximum absolute atomic E-state index is 12.4. The highest BCUT2D eigenvalue weighted by atomic mass is 35.5. The number of rotatable bonds is 4. The first-order chi connectivity index (χ1) is 11.6. The van der Waals surface area contributed by atoms with Crippen LogP contribution in [-0.2, 0) is 9.59 Å². The molecule has 1 atom stereocenters. The Morgan fingerprint density at radius 3 is 1.88 bits per heavy atom. The number of aliphatic carboxylic acids is 1. The second kappa shape index (κ2) is 8.21. The molecule has 25 heavy (non-hydrogen) atoms. The third-order valence-electron chi connectivity index (χ3n) is 3.07. The van der Waals surface area contributed by atoms with E-state index in [2.05, 4.69) is 0 Å². The van der Waals surface area contributed by atoms with Gasteiger partial charge in [-0.1, -0.05) is 75.7 Å². The highest BCUT2D eigenvalue weighted by molar-refractivity contribution is 6.49. The Morgan fingerprint density at radius 1 is 0.800 bits per heavy atom. The van der Waals surface area contributed by atoms with Gasteiger partial charge in [0.1, 0.15) is 5.02 Å². The molecule has 4 nitrogen and oxygen atoms in total. The lowest BCUT2D eigenvalue weighted by Gasteiger charge is -2.15. The fraction of sp³-hybridized carbons (Fsp3) is 0.0667. The van der Waals surface area contributed by atoms with E-state index < -0.39 is 17.9 Å². The number of hydrogen-bond donors (Lipinski definition) is 1. The lowest BCUT2D eigenvalue weighted by molar-refractivity contribution is -0.148. The second-order valence-electron chi connectivity index (χ2n) is 4.63. The van der Waals surface area contributed by atoms with Crippen LogP contribution in [0.1, 0.15) is 11.5 Å². The Kier molecular flexibility index (Phi) is 6.71. The lowest BCUT2D eigenvalue weighted by Crippen LogP contribution is -2.26. The van der Waals surface area contributed by atoms with Gasteiger partial charge >= 0.3 is 11.9 Å². The topological polar surface area (TPSA) is 63.6 Å². The van der Waals surface area contributed by atoms with Crippen LogP contribution in [0.5, 0.6) is 5.75 Å². The van der Waals surface area contributed by atoms with Crippen LogP contribution in [0.2, 0.25) is 30.1 Å². The summed E-state index contributed by atoms with van der Waals surface area (Å²) in [6, 6.07) is 5.22. The lowest BCUT2D eigenvalue weighted by atomic mass is 9.99. The Labute approximate surface area is 172 Å². The molecule has 2 aromatic carbocycles. The molecule has 2 rings (SSSR count). The number of carboxylic acid groups (broad SMARTS) is 1. The van der Waals surface area contributed by atoms with Crippen molar-refractivity contribution in [3.8, 4) is 5.75 Å². The first-order valence-corrected chi connectivity index (χ1v) is 8.63. The number of hydrogen-bond acceptors (Lipinski definition) is 3. The normalized spacial score (nSPS) is 11.9. The van der Waals surface area contributed by atoms with Crippen molar-refractivity contribution in [1.29, 1.82) is 0 Å². The summed E-state index contributed by atoms with van der Waals surface area (Å²) in [5, 5.41) is 9.26. The first-order valence-electron chi connectivity index (χ1n) is 6.36. The van der Waals surface area contributed by atoms with Crippen molar-refractivity contribution in [2.45, 2.75) is 5.92 Å². The zero-order valence-electron chi connectivity index (χ0n) is 11.8. The molecule has 132 valence electrons. The standard InChI is InChI=1S/C15H6Cl6O4/c16-6-2-1-5(10(18)11(6)19)9(14(22)23)15(24)25-8-4-3-7(17)12(20)13(8)21/h1-4,9H,(H,22,23). The number of carboxylic acids is 1. The van der Waals surface area contributed by atoms with Crippen molar-refractivity contribution in [1.82, 2.24) is 0 Å². The largest absolute Gasteiger partial charge is 0.480 e. The van der Waals surface area contributed by atoms with Crippen LogP contribution < -0.4 is 4.74 Å². The Morgan fingerprint density at radius 2 is 1.32 bits per heavy atom. The van der Waals surface area contributed by atoms with E-state index >= 15 is 0 Å². The molecule has 0 aliphatic rings. The predicted molar refractivity (Wildman–Crippen MR) is 99.0 cm³/mol. The van der Waals surface area contributed by atoms with Gasteiger partial charge in [-0.3, -0.25) is 9.59 Å². The third kappa shape index (κ3) is 4.27. The molecule has 0 heterocycles. The van der Waals surface area contributed by atoms with E-state index in [4.69, 9.17) is 74.3 Å². The number of carbonyl (C=O) groups excluding carboxylic acids is 1. The van der Waals surface area contributed by atoms with Crippen LogP contribution in [0.3, 0.4) is 0 Å². The molecule has 10 heteroatoms. The molecule has 0 fully saturated rings. The molecule has 0 amide bonds. The summed E-state index contributed by atoms with van der Waals surface area (Å²) in [5.74, 6) is -4.55. The Balaban J connectivity index is 2.42. The monoisotopic (exact) mass is 460 g/mol. The second-order valence-corrected chi connectivity index (χ2v) is 6.96. The van der Waals surface area contributed by atoms with Crippen LogP contribution in [0.25, 0.3) is 0 Å². The number of ether oxygens (including phenoxy) is 1. The summed E-state index contributed by atoms with van der Waals surface area (Å²) in [6.07, 6.45) is 0. The maximum Gasteiger partial charge on any atom is 0.330 e. The molecule has 0 bridgehead atoms. The van der Waals surface area contributed by atoms with E-state index in [9.17, 15) is 14.7 Å². The molecule has 0 radical (unpaired) electrons. The van der Waals surface area contributed by atoms with E-state index in [1.54, 1.807) is 0 Å². The van der Waals surface area contributed by atoms with Gasteiger partial charge in [-0.2, -0.15) is 0 Å². The van der Waals surface area contributed by atoms with Crippen LogP contribution in [-0.4, -0.2) is 17.0 Å². The molecule has 0 aliphatic heterocycles. The van der Waals surface area contributed by atoms with Gasteiger partial charge in [0, 0.05) is 0 Å². The van der Waals surface area contributed by atoms with Gasteiger partial charge in [0.05, 0.1) is 25.1 Å². The van der Waals surface area contributed by atoms with Gasteiger partial charge in [0.2, 0.25) is 0 Å². The van der Waals surface area contributed by atoms with Crippen LogP contribution in [0.15, 0.2) is 24.3 Å². The van der Waals surface area contributed by atoms with E-state index in [1.807, 2.05) is 0 Å². The number of halogens is 6. The Bertz CT molecular complexity index is 868. The van der Waals surface area contributed by atoms with Crippen molar-refractivity contribution >= 4 is 81.5 Å². The number of carbonyl (C=O) groups is 2. The van der Waals surface area contributed by atoms with E-state index in [0.717, 1.165) is 0 Å². The summed E-state index contributed by atoms with van der Waals surface area (Å²) in [7, 11) is 0. The maximum atomic E-state index is 12.4. The molecule has 0 aliphatic carbocycles. The fourth-order valence-corrected chi connectivity index (χ4v) is 3.10. The van der Waals surface area contributed by atoms with Crippen molar-refractivity contribution in [3.63, 3.8) is 0 Å². The van der Waals surface area contributed by atoms with Crippen LogP contribution >= 0.6 is 69.6 Å². The van der Waals surface area contributed by atoms with Gasteiger partial charge in [0.15, 0.2) is 11.7 Å². The van der Waals surface area contributed by atoms with Gasteiger partial charge in [-0.25, -0.2) is 0 Å². The molecule has 2 aromatic rings. The SMILES string of the molecule is O=C(O)C(C(=O)Oc1ccc(Cl)c(Cl)c1Cl)c1ccc(Cl)c(Cl)c1Cl. The highest BCUT2D eigenvalue weighted by Crippen LogP contribution is 2.39. The van der Waals surface area contributed by atoms with Gasteiger partial charge in [0.25, 0.3) is 0 Å². The molecule has 1 N–H and O–H groups in total. The molecular weight excluding hydrogens is 457 g/mol. The molecule has 0 spiro atoms. The summed E-state index contributed by atoms with van der Waals surface area (Å²) in [5.41, 5.74) is -0.0789.